The average molecular weight is 296 g/mol. The van der Waals surface area contributed by atoms with Gasteiger partial charge in [-0.1, -0.05) is 12.8 Å². The third-order valence-corrected chi connectivity index (χ3v) is 3.48. The number of amides is 2. The molecule has 1 saturated carbocycles. The number of hydrogen-bond donors (Lipinski definition) is 3. The van der Waals surface area contributed by atoms with Crippen LogP contribution in [0.4, 0.5) is 18.0 Å². The minimum atomic E-state index is -4.23. The molecule has 0 aromatic carbocycles. The van der Waals surface area contributed by atoms with Crippen LogP contribution < -0.4 is 10.6 Å². The van der Waals surface area contributed by atoms with Crippen LogP contribution in [0.25, 0.3) is 0 Å². The number of carboxylic acids is 1. The summed E-state index contributed by atoms with van der Waals surface area (Å²) in [5.74, 6) is -3.01. The molecule has 2 amide bonds. The highest BCUT2D eigenvalue weighted by Gasteiger charge is 2.45. The van der Waals surface area contributed by atoms with Crippen molar-refractivity contribution in [2.45, 2.75) is 38.3 Å². The minimum Gasteiger partial charge on any atom is -0.481 e. The fourth-order valence-electron chi connectivity index (χ4n) is 2.45. The van der Waals surface area contributed by atoms with Crippen LogP contribution in [-0.2, 0) is 4.79 Å². The Morgan fingerprint density at radius 2 is 1.80 bits per heavy atom. The van der Waals surface area contributed by atoms with E-state index >= 15 is 0 Å². The van der Waals surface area contributed by atoms with Crippen molar-refractivity contribution < 1.29 is 27.9 Å². The Bertz CT molecular complexity index is 347. The van der Waals surface area contributed by atoms with Crippen LogP contribution >= 0.6 is 0 Å². The van der Waals surface area contributed by atoms with Crippen LogP contribution in [0.1, 0.15) is 32.1 Å². The van der Waals surface area contributed by atoms with Gasteiger partial charge in [-0.3, -0.25) is 4.79 Å². The summed E-state index contributed by atoms with van der Waals surface area (Å²) in [6.07, 6.45) is -2.60. The molecule has 0 unspecified atom stereocenters. The van der Waals surface area contributed by atoms with E-state index in [2.05, 4.69) is 10.6 Å². The Labute approximate surface area is 114 Å². The number of carbonyl (C=O) groups excluding carboxylic acids is 1. The molecule has 0 saturated heterocycles. The van der Waals surface area contributed by atoms with Crippen molar-refractivity contribution in [2.75, 3.05) is 13.1 Å². The molecule has 0 radical (unpaired) electrons. The van der Waals surface area contributed by atoms with Crippen LogP contribution in [0.2, 0.25) is 0 Å². The molecule has 0 bridgehead atoms. The minimum absolute atomic E-state index is 0.0386. The average Bonchev–Trinajstić information content (AvgIpc) is 2.35. The Morgan fingerprint density at radius 3 is 2.40 bits per heavy atom. The topological polar surface area (TPSA) is 78.4 Å². The second kappa shape index (κ2) is 7.35. The van der Waals surface area contributed by atoms with Gasteiger partial charge in [0.2, 0.25) is 0 Å². The Morgan fingerprint density at radius 1 is 1.15 bits per heavy atom. The van der Waals surface area contributed by atoms with Crippen molar-refractivity contribution in [3.05, 3.63) is 0 Å². The highest BCUT2D eigenvalue weighted by atomic mass is 19.4. The molecule has 8 heteroatoms. The van der Waals surface area contributed by atoms with Gasteiger partial charge in [-0.15, -0.1) is 0 Å². The highest BCUT2D eigenvalue weighted by Crippen LogP contribution is 2.41. The van der Waals surface area contributed by atoms with E-state index in [4.69, 9.17) is 5.11 Å². The number of halogens is 3. The predicted octanol–water partition coefficient (Wildman–Crippen LogP) is 2.13. The van der Waals surface area contributed by atoms with E-state index < -0.39 is 30.0 Å². The molecule has 116 valence electrons. The molecule has 1 aliphatic carbocycles. The Hall–Kier alpha value is -1.47. The predicted molar refractivity (Wildman–Crippen MR) is 65.2 cm³/mol. The van der Waals surface area contributed by atoms with Crippen molar-refractivity contribution >= 4 is 12.0 Å². The molecule has 20 heavy (non-hydrogen) atoms. The van der Waals surface area contributed by atoms with Crippen molar-refractivity contribution in [1.29, 1.82) is 0 Å². The first-order valence-electron chi connectivity index (χ1n) is 6.61. The van der Waals surface area contributed by atoms with Gasteiger partial charge < -0.3 is 15.7 Å². The van der Waals surface area contributed by atoms with Crippen LogP contribution in [0, 0.1) is 11.8 Å². The summed E-state index contributed by atoms with van der Waals surface area (Å²) in [5.41, 5.74) is 0. The summed E-state index contributed by atoms with van der Waals surface area (Å²) in [4.78, 5) is 21.6. The van der Waals surface area contributed by atoms with Crippen LogP contribution in [0.3, 0.4) is 0 Å². The van der Waals surface area contributed by atoms with Crippen molar-refractivity contribution in [3.8, 4) is 0 Å². The zero-order valence-electron chi connectivity index (χ0n) is 11.0. The summed E-state index contributed by atoms with van der Waals surface area (Å²) in [7, 11) is 0. The Kier molecular flexibility index (Phi) is 6.09. The Balaban J connectivity index is 2.34. The zero-order chi connectivity index (χ0) is 15.2. The third kappa shape index (κ3) is 5.66. The maximum absolute atomic E-state index is 12.8. The first-order valence-corrected chi connectivity index (χ1v) is 6.61. The number of rotatable bonds is 5. The van der Waals surface area contributed by atoms with E-state index in [0.717, 1.165) is 6.42 Å². The molecule has 5 nitrogen and oxygen atoms in total. The van der Waals surface area contributed by atoms with Gasteiger partial charge >= 0.3 is 18.2 Å². The van der Waals surface area contributed by atoms with E-state index in [1.54, 1.807) is 0 Å². The van der Waals surface area contributed by atoms with Gasteiger partial charge in [-0.2, -0.15) is 13.2 Å². The summed E-state index contributed by atoms with van der Waals surface area (Å²) in [6.45, 7) is -0.0857. The summed E-state index contributed by atoms with van der Waals surface area (Å²) >= 11 is 0. The molecule has 0 aromatic rings. The third-order valence-electron chi connectivity index (χ3n) is 3.48. The first-order chi connectivity index (χ1) is 9.30. The monoisotopic (exact) mass is 296 g/mol. The van der Waals surface area contributed by atoms with Gasteiger partial charge in [-0.25, -0.2) is 4.79 Å². The molecule has 1 fully saturated rings. The largest absolute Gasteiger partial charge is 0.481 e. The first kappa shape index (κ1) is 16.6. The van der Waals surface area contributed by atoms with Crippen molar-refractivity contribution in [3.63, 3.8) is 0 Å². The van der Waals surface area contributed by atoms with Crippen molar-refractivity contribution in [1.82, 2.24) is 10.6 Å². The molecule has 2 atom stereocenters. The van der Waals surface area contributed by atoms with E-state index in [0.29, 0.717) is 12.8 Å². The fourth-order valence-corrected chi connectivity index (χ4v) is 2.45. The SMILES string of the molecule is O=C(O)CCNC(=O)NC[C@H]1CCCC[C@H]1C(F)(F)F. The molecular formula is C12H19F3N2O3. The van der Waals surface area contributed by atoms with Gasteiger partial charge in [-0.05, 0) is 18.8 Å². The molecular weight excluding hydrogens is 277 g/mol. The molecule has 1 rings (SSSR count). The second-order valence-corrected chi connectivity index (χ2v) is 4.97. The maximum Gasteiger partial charge on any atom is 0.392 e. The van der Waals surface area contributed by atoms with E-state index in [1.165, 1.54) is 0 Å². The quantitative estimate of drug-likeness (QED) is 0.727. The molecule has 0 aliphatic heterocycles. The molecule has 0 aromatic heterocycles. The van der Waals surface area contributed by atoms with Crippen LogP contribution in [-0.4, -0.2) is 36.4 Å². The van der Waals surface area contributed by atoms with Gasteiger partial charge in [0.25, 0.3) is 0 Å². The molecule has 1 aliphatic rings. The smallest absolute Gasteiger partial charge is 0.392 e. The number of carbonyl (C=O) groups is 2. The van der Waals surface area contributed by atoms with E-state index in [-0.39, 0.29) is 25.9 Å². The molecule has 0 heterocycles. The molecule has 0 spiro atoms. The number of carboxylic acid groups (broad SMARTS) is 1. The maximum atomic E-state index is 12.8. The fraction of sp³-hybridized carbons (Fsp3) is 0.833. The number of nitrogens with one attached hydrogen (secondary N) is 2. The van der Waals surface area contributed by atoms with Crippen molar-refractivity contribution in [2.24, 2.45) is 11.8 Å². The van der Waals surface area contributed by atoms with Gasteiger partial charge in [0.15, 0.2) is 0 Å². The second-order valence-electron chi connectivity index (χ2n) is 4.97. The van der Waals surface area contributed by atoms with Gasteiger partial charge in [0, 0.05) is 13.1 Å². The van der Waals surface area contributed by atoms with Crippen LogP contribution in [0.5, 0.6) is 0 Å². The lowest BCUT2D eigenvalue weighted by molar-refractivity contribution is -0.195. The summed E-state index contributed by atoms with van der Waals surface area (Å²) in [5, 5.41) is 13.1. The highest BCUT2D eigenvalue weighted by molar-refractivity contribution is 5.74. The number of hydrogen-bond acceptors (Lipinski definition) is 2. The number of aliphatic carboxylic acids is 1. The van der Waals surface area contributed by atoms with Gasteiger partial charge in [0.05, 0.1) is 12.3 Å². The lowest BCUT2D eigenvalue weighted by atomic mass is 9.79. The summed E-state index contributed by atoms with van der Waals surface area (Å²) in [6, 6.07) is -0.627. The standard InChI is InChI=1S/C12H19F3N2O3/c13-12(14,15)9-4-2-1-3-8(9)7-17-11(20)16-6-5-10(18)19/h8-9H,1-7H2,(H,18,19)(H2,16,17,20)/t8-,9-/m1/s1. The lowest BCUT2D eigenvalue weighted by Gasteiger charge is -2.33. The molecule has 3 N–H and O–H groups in total. The zero-order valence-corrected chi connectivity index (χ0v) is 11.0. The van der Waals surface area contributed by atoms with E-state index in [9.17, 15) is 22.8 Å². The lowest BCUT2D eigenvalue weighted by Crippen LogP contribution is -2.43. The van der Waals surface area contributed by atoms with E-state index in [1.807, 2.05) is 0 Å². The normalized spacial score (nSPS) is 23.1. The summed E-state index contributed by atoms with van der Waals surface area (Å²) < 4.78 is 38.4. The van der Waals surface area contributed by atoms with Gasteiger partial charge in [0.1, 0.15) is 0 Å². The number of urea groups is 1. The number of alkyl halides is 3. The van der Waals surface area contributed by atoms with Crippen LogP contribution in [0.15, 0.2) is 0 Å².